The minimum atomic E-state index is -0.00713. The normalized spacial score (nSPS) is 27.8. The summed E-state index contributed by atoms with van der Waals surface area (Å²) in [6.07, 6.45) is 7.21. The van der Waals surface area contributed by atoms with Crippen molar-refractivity contribution in [2.24, 2.45) is 15.7 Å². The number of fused-ring (bicyclic) bond motifs is 1. The van der Waals surface area contributed by atoms with Crippen LogP contribution in [0.5, 0.6) is 0 Å². The molecule has 0 amide bonds. The third kappa shape index (κ3) is 0.673. The first-order valence-corrected chi connectivity index (χ1v) is 3.10. The third-order valence-corrected chi connectivity index (χ3v) is 1.49. The van der Waals surface area contributed by atoms with E-state index in [4.69, 9.17) is 5.73 Å². The van der Waals surface area contributed by atoms with Gasteiger partial charge in [-0.25, -0.2) is 0 Å². The van der Waals surface area contributed by atoms with Crippen molar-refractivity contribution in [3.63, 3.8) is 0 Å². The number of nitrogens with two attached hydrogens (primary N) is 1. The monoisotopic (exact) mass is 133 g/mol. The van der Waals surface area contributed by atoms with Crippen molar-refractivity contribution in [3.8, 4) is 0 Å². The smallest absolute Gasteiger partial charge is 0.165 e. The molecule has 2 rings (SSSR count). The Labute approximate surface area is 58.7 Å². The van der Waals surface area contributed by atoms with Gasteiger partial charge in [-0.05, 0) is 12.2 Å². The van der Waals surface area contributed by atoms with E-state index in [2.05, 4.69) is 9.98 Å². The molecule has 50 valence electrons. The first-order valence-electron chi connectivity index (χ1n) is 3.10. The van der Waals surface area contributed by atoms with E-state index in [1.54, 1.807) is 12.4 Å². The van der Waals surface area contributed by atoms with Crippen molar-refractivity contribution in [2.45, 2.75) is 6.17 Å². The number of allylic oxidation sites excluding steroid dienone is 2. The van der Waals surface area contributed by atoms with E-state index in [1.807, 2.05) is 12.2 Å². The lowest BCUT2D eigenvalue weighted by atomic mass is 10.1. The lowest BCUT2D eigenvalue weighted by Crippen LogP contribution is -2.11. The Bertz CT molecular complexity index is 271. The van der Waals surface area contributed by atoms with Crippen LogP contribution in [0.15, 0.2) is 33.4 Å². The van der Waals surface area contributed by atoms with Crippen LogP contribution in [0.1, 0.15) is 0 Å². The number of hydrogen-bond donors (Lipinski definition) is 1. The second-order valence-electron chi connectivity index (χ2n) is 2.26. The molecule has 10 heavy (non-hydrogen) atoms. The van der Waals surface area contributed by atoms with Gasteiger partial charge in [0.2, 0.25) is 0 Å². The largest absolute Gasteiger partial charge is 0.397 e. The Hall–Kier alpha value is -1.38. The van der Waals surface area contributed by atoms with Crippen LogP contribution in [-0.2, 0) is 0 Å². The van der Waals surface area contributed by atoms with Gasteiger partial charge in [-0.2, -0.15) is 0 Å². The Morgan fingerprint density at radius 3 is 3.20 bits per heavy atom. The topological polar surface area (TPSA) is 50.7 Å². The van der Waals surface area contributed by atoms with E-state index in [9.17, 15) is 0 Å². The van der Waals surface area contributed by atoms with Crippen molar-refractivity contribution in [3.05, 3.63) is 23.4 Å². The molecule has 2 aliphatic heterocycles. The quantitative estimate of drug-likeness (QED) is 0.506. The molecule has 2 aliphatic rings. The number of rotatable bonds is 0. The Morgan fingerprint density at radius 1 is 1.40 bits per heavy atom. The van der Waals surface area contributed by atoms with Crippen molar-refractivity contribution in [2.75, 3.05) is 0 Å². The summed E-state index contributed by atoms with van der Waals surface area (Å²) in [6, 6.07) is 0. The fourth-order valence-corrected chi connectivity index (χ4v) is 1.02. The van der Waals surface area contributed by atoms with Gasteiger partial charge in [-0.15, -0.1) is 0 Å². The zero-order valence-corrected chi connectivity index (χ0v) is 5.36. The zero-order chi connectivity index (χ0) is 6.97. The van der Waals surface area contributed by atoms with Gasteiger partial charge in [0.1, 0.15) is 0 Å². The van der Waals surface area contributed by atoms with Gasteiger partial charge in [0.05, 0.1) is 5.70 Å². The summed E-state index contributed by atoms with van der Waals surface area (Å²) in [5.41, 5.74) is 7.29. The summed E-state index contributed by atoms with van der Waals surface area (Å²) >= 11 is 0. The SMILES string of the molecule is NC1=CC2=CC=N[C@H]2N=C1. The molecule has 0 aromatic carbocycles. The van der Waals surface area contributed by atoms with Crippen LogP contribution in [0.4, 0.5) is 0 Å². The van der Waals surface area contributed by atoms with E-state index in [1.165, 1.54) is 0 Å². The molecule has 3 nitrogen and oxygen atoms in total. The Balaban J connectivity index is 2.39. The molecule has 0 unspecified atom stereocenters. The van der Waals surface area contributed by atoms with Gasteiger partial charge in [0.25, 0.3) is 0 Å². The van der Waals surface area contributed by atoms with Crippen molar-refractivity contribution < 1.29 is 0 Å². The third-order valence-electron chi connectivity index (χ3n) is 1.49. The molecule has 0 saturated carbocycles. The van der Waals surface area contributed by atoms with Gasteiger partial charge in [0, 0.05) is 18.0 Å². The Kier molecular flexibility index (Phi) is 0.974. The molecule has 0 radical (unpaired) electrons. The molecular formula is C7H7N3. The van der Waals surface area contributed by atoms with Gasteiger partial charge in [-0.1, -0.05) is 0 Å². The number of dihydropyridines is 1. The number of nitrogens with zero attached hydrogens (tertiary/aromatic N) is 2. The molecule has 0 aromatic rings. The standard InChI is InChI=1S/C7H7N3/c8-6-3-5-1-2-9-7(5)10-4-6/h1-4,7H,8H2/t7-/m0/s1. The van der Waals surface area contributed by atoms with Crippen LogP contribution in [-0.4, -0.2) is 18.6 Å². The molecule has 0 bridgehead atoms. The van der Waals surface area contributed by atoms with E-state index < -0.39 is 0 Å². The Morgan fingerprint density at radius 2 is 2.30 bits per heavy atom. The minimum absolute atomic E-state index is 0.00713. The van der Waals surface area contributed by atoms with E-state index in [0.717, 1.165) is 5.57 Å². The predicted molar refractivity (Wildman–Crippen MR) is 41.1 cm³/mol. The van der Waals surface area contributed by atoms with Crippen LogP contribution in [0, 0.1) is 0 Å². The molecule has 2 N–H and O–H groups in total. The van der Waals surface area contributed by atoms with Gasteiger partial charge >= 0.3 is 0 Å². The summed E-state index contributed by atoms with van der Waals surface area (Å²) in [4.78, 5) is 8.16. The van der Waals surface area contributed by atoms with Crippen molar-refractivity contribution >= 4 is 12.4 Å². The van der Waals surface area contributed by atoms with Crippen LogP contribution in [0.3, 0.4) is 0 Å². The second-order valence-corrected chi connectivity index (χ2v) is 2.26. The lowest BCUT2D eigenvalue weighted by Gasteiger charge is -2.08. The highest BCUT2D eigenvalue weighted by molar-refractivity contribution is 5.85. The summed E-state index contributed by atoms with van der Waals surface area (Å²) in [7, 11) is 0. The van der Waals surface area contributed by atoms with Crippen LogP contribution in [0.25, 0.3) is 0 Å². The summed E-state index contributed by atoms with van der Waals surface area (Å²) in [5.74, 6) is 0. The van der Waals surface area contributed by atoms with E-state index >= 15 is 0 Å². The predicted octanol–water partition coefficient (Wildman–Crippen LogP) is 0.250. The maximum absolute atomic E-state index is 5.51. The minimum Gasteiger partial charge on any atom is -0.397 e. The average Bonchev–Trinajstić information content (AvgIpc) is 2.33. The lowest BCUT2D eigenvalue weighted by molar-refractivity contribution is 0.858. The molecule has 0 saturated heterocycles. The fraction of sp³-hybridized carbons (Fsp3) is 0.143. The molecule has 3 heteroatoms. The molecule has 2 heterocycles. The summed E-state index contributed by atoms with van der Waals surface area (Å²) in [5, 5.41) is 0. The first kappa shape index (κ1) is 5.41. The van der Waals surface area contributed by atoms with E-state index in [-0.39, 0.29) is 6.17 Å². The van der Waals surface area contributed by atoms with Crippen molar-refractivity contribution in [1.82, 2.24) is 0 Å². The second kappa shape index (κ2) is 1.80. The molecule has 1 atom stereocenters. The zero-order valence-electron chi connectivity index (χ0n) is 5.36. The highest BCUT2D eigenvalue weighted by atomic mass is 15.0. The summed E-state index contributed by atoms with van der Waals surface area (Å²) < 4.78 is 0. The maximum Gasteiger partial charge on any atom is 0.165 e. The highest BCUT2D eigenvalue weighted by Gasteiger charge is 2.14. The average molecular weight is 133 g/mol. The molecular weight excluding hydrogens is 126 g/mol. The van der Waals surface area contributed by atoms with Crippen LogP contribution < -0.4 is 5.73 Å². The van der Waals surface area contributed by atoms with Crippen LogP contribution >= 0.6 is 0 Å². The van der Waals surface area contributed by atoms with Crippen molar-refractivity contribution in [1.29, 1.82) is 0 Å². The van der Waals surface area contributed by atoms with Crippen LogP contribution in [0.2, 0.25) is 0 Å². The fourth-order valence-electron chi connectivity index (χ4n) is 1.02. The first-order chi connectivity index (χ1) is 4.86. The summed E-state index contributed by atoms with van der Waals surface area (Å²) in [6.45, 7) is 0. The molecule has 0 spiro atoms. The van der Waals surface area contributed by atoms with Gasteiger partial charge in [0.15, 0.2) is 6.17 Å². The maximum atomic E-state index is 5.51. The van der Waals surface area contributed by atoms with E-state index in [0.29, 0.717) is 5.70 Å². The number of aliphatic imine (C=N–C) groups is 2. The van der Waals surface area contributed by atoms with Gasteiger partial charge in [-0.3, -0.25) is 9.98 Å². The highest BCUT2D eigenvalue weighted by Crippen LogP contribution is 2.17. The van der Waals surface area contributed by atoms with Gasteiger partial charge < -0.3 is 5.73 Å². The molecule has 0 aliphatic carbocycles. The molecule has 0 aromatic heterocycles. The molecule has 0 fully saturated rings. The number of hydrogen-bond acceptors (Lipinski definition) is 3.